The fourth-order valence-electron chi connectivity index (χ4n) is 25.1. The summed E-state index contributed by atoms with van der Waals surface area (Å²) in [4.78, 5) is 103. The number of hydrogen-bond acceptors (Lipinski definition) is 24. The van der Waals surface area contributed by atoms with Gasteiger partial charge in [0.05, 0.1) is 95.4 Å². The molecule has 0 spiro atoms. The van der Waals surface area contributed by atoms with Gasteiger partial charge in [-0.2, -0.15) is 20.4 Å². The molecule has 0 unspecified atom stereocenters. The van der Waals surface area contributed by atoms with Crippen molar-refractivity contribution in [2.24, 2.45) is 71.0 Å². The molecule has 12 aromatic rings. The van der Waals surface area contributed by atoms with Crippen molar-refractivity contribution < 1.29 is 39.6 Å². The lowest BCUT2D eigenvalue weighted by Crippen LogP contribution is -2.56. The second kappa shape index (κ2) is 43.5. The molecule has 8 atom stereocenters. The average Bonchev–Trinajstić information content (AvgIpc) is 1.57. The van der Waals surface area contributed by atoms with E-state index < -0.39 is 23.9 Å². The van der Waals surface area contributed by atoms with E-state index in [9.17, 15) is 39.6 Å². The number of likely N-dealkylation sites (tertiary alicyclic amines) is 4. The van der Waals surface area contributed by atoms with Gasteiger partial charge in [0.1, 0.15) is 45.3 Å². The van der Waals surface area contributed by atoms with Crippen molar-refractivity contribution in [3.63, 3.8) is 0 Å². The molecule has 12 aliphatic rings. The maximum atomic E-state index is 11.2. The highest BCUT2D eigenvalue weighted by atomic mass is 35.5. The molecule has 8 saturated heterocycles. The monoisotopic (exact) mass is 2170 g/mol. The Morgan fingerprint density at radius 2 is 0.486 bits per heavy atom. The van der Waals surface area contributed by atoms with E-state index in [1.54, 1.807) is 24.3 Å². The van der Waals surface area contributed by atoms with Crippen molar-refractivity contribution in [3.8, 4) is 0 Å². The first-order valence-corrected chi connectivity index (χ1v) is 55.7. The molecule has 4 aliphatic carbocycles. The lowest BCUT2D eigenvalue weighted by atomic mass is 9.76. The minimum atomic E-state index is -0.639. The van der Waals surface area contributed by atoms with E-state index in [1.165, 1.54) is 51.4 Å². The van der Waals surface area contributed by atoms with E-state index in [2.05, 4.69) is 66.9 Å². The molecule has 0 amide bonds. The number of aromatic nitrogens is 16. The van der Waals surface area contributed by atoms with Gasteiger partial charge >= 0.3 is 23.9 Å². The predicted molar refractivity (Wildman–Crippen MR) is 578 cm³/mol. The van der Waals surface area contributed by atoms with E-state index in [-0.39, 0.29) is 47.8 Å². The Bertz CT molecular complexity index is 6150. The molecule has 32 nitrogen and oxygen atoms in total. The number of halogens is 8. The summed E-state index contributed by atoms with van der Waals surface area (Å²) in [6.45, 7) is 32.7. The third-order valence-corrected chi connectivity index (χ3v) is 37.1. The molecule has 40 heteroatoms. The van der Waals surface area contributed by atoms with E-state index in [1.807, 2.05) is 120 Å². The Morgan fingerprint density at radius 1 is 0.291 bits per heavy atom. The number of piperidine rings is 4. The lowest BCUT2D eigenvalue weighted by Gasteiger charge is -2.50. The van der Waals surface area contributed by atoms with Crippen LogP contribution in [-0.2, 0) is 19.2 Å². The van der Waals surface area contributed by atoms with E-state index in [0.29, 0.717) is 112 Å². The standard InChI is InChI=1S/4C27H32Cl2N6O2/c4*1-15-25-26(35(32-15)16(2)22-6-5-20(28)10-23(22)29)31-24(11-30-25)34-13-19(14-34)17-4-3-7-33(12-17)21-8-18(9-21)27(36)37/h4*5-6,10-11,16-19,21H,3-4,7-9,12-14H2,1-2H3,(H,36,37)/t2*16-,17+,18?,21?;2*16-,17-,18?,21?/m1111/s1. The van der Waals surface area contributed by atoms with Crippen molar-refractivity contribution in [2.75, 3.05) is 124 Å². The van der Waals surface area contributed by atoms with Crippen LogP contribution in [0.15, 0.2) is 97.6 Å². The largest absolute Gasteiger partial charge is 0.481 e. The number of rotatable bonds is 24. The smallest absolute Gasteiger partial charge is 0.306 e. The normalized spacial score (nSPS) is 25.6. The minimum Gasteiger partial charge on any atom is -0.481 e. The zero-order chi connectivity index (χ0) is 103. The van der Waals surface area contributed by atoms with Gasteiger partial charge < -0.3 is 59.6 Å². The van der Waals surface area contributed by atoms with Crippen LogP contribution in [0, 0.1) is 98.7 Å². The number of fused-ring (bicyclic) bond motifs is 4. The number of anilines is 4. The first-order valence-electron chi connectivity index (χ1n) is 52.7. The molecule has 0 bridgehead atoms. The SMILES string of the molecule is Cc1nn([C@H](C)c2ccc(Cl)cc2Cl)c2nc(N3CC([C@@H]4CCCN(C5CC(C(=O)O)C5)C4)C3)cnc12.Cc1nn([C@H](C)c2ccc(Cl)cc2Cl)c2nc(N3CC([C@@H]4CCCN(C5CC(C(=O)O)C5)C4)C3)cnc12.Cc1nn([C@H](C)c2ccc(Cl)cc2Cl)c2nc(N3CC([C@H]4CCCN(C5CC(C(=O)O)C5)C4)C3)cnc12.Cc1nn([C@H](C)c2ccc(Cl)cc2Cl)c2nc(N3CC([C@H]4CCCN(C5CC(C(=O)O)C5)C4)C3)cnc12. The van der Waals surface area contributed by atoms with Crippen LogP contribution in [0.1, 0.15) is 200 Å². The fourth-order valence-corrected chi connectivity index (χ4v) is 27.4. The average molecular weight is 2170 g/mol. The summed E-state index contributed by atoms with van der Waals surface area (Å²) in [5.41, 5.74) is 13.4. The van der Waals surface area contributed by atoms with Crippen LogP contribution in [-0.4, -0.2) is 272 Å². The van der Waals surface area contributed by atoms with Crippen molar-refractivity contribution in [2.45, 2.75) is 206 Å². The summed E-state index contributed by atoms with van der Waals surface area (Å²) in [7, 11) is 0. The van der Waals surface area contributed by atoms with Gasteiger partial charge in [0, 0.05) is 143 Å². The highest BCUT2D eigenvalue weighted by Crippen LogP contribution is 2.47. The van der Waals surface area contributed by atoms with Crippen LogP contribution in [0.2, 0.25) is 40.2 Å². The predicted octanol–water partition coefficient (Wildman–Crippen LogP) is 20.2. The molecule has 16 heterocycles. The van der Waals surface area contributed by atoms with Crippen LogP contribution >= 0.6 is 92.8 Å². The molecule has 0 radical (unpaired) electrons. The summed E-state index contributed by atoms with van der Waals surface area (Å²) in [5, 5.41) is 60.8. The quantitative estimate of drug-likeness (QED) is 0.0436. The molecular formula is C108H128Cl8N24O8. The van der Waals surface area contributed by atoms with Gasteiger partial charge in [-0.1, -0.05) is 117 Å². The summed E-state index contributed by atoms with van der Waals surface area (Å²) < 4.78 is 7.65. The summed E-state index contributed by atoms with van der Waals surface area (Å²) in [6, 6.07) is 23.5. The number of carboxylic acids is 4. The van der Waals surface area contributed by atoms with Crippen LogP contribution in [0.25, 0.3) is 44.7 Å². The van der Waals surface area contributed by atoms with Crippen LogP contribution in [0.3, 0.4) is 0 Å². The molecule has 8 aliphatic heterocycles. The Kier molecular flexibility index (Phi) is 30.6. The first-order chi connectivity index (χ1) is 71.1. The van der Waals surface area contributed by atoms with Crippen LogP contribution in [0.5, 0.6) is 0 Å². The maximum Gasteiger partial charge on any atom is 0.306 e. The van der Waals surface area contributed by atoms with E-state index in [4.69, 9.17) is 153 Å². The van der Waals surface area contributed by atoms with Crippen molar-refractivity contribution in [1.82, 2.24) is 98.6 Å². The first kappa shape index (κ1) is 104. The van der Waals surface area contributed by atoms with Gasteiger partial charge in [-0.25, -0.2) is 58.6 Å². The number of aliphatic carboxylic acids is 4. The molecular weight excluding hydrogens is 2040 g/mol. The zero-order valence-electron chi connectivity index (χ0n) is 84.6. The zero-order valence-corrected chi connectivity index (χ0v) is 90.6. The van der Waals surface area contributed by atoms with E-state index in [0.717, 1.165) is 269 Å². The second-order valence-electron chi connectivity index (χ2n) is 44.0. The minimum absolute atomic E-state index is 0.116. The fraction of sp³-hybridized carbons (Fsp3) is 0.556. The molecule has 4 aromatic carbocycles. The molecule has 784 valence electrons. The number of hydrogen-bond donors (Lipinski definition) is 4. The maximum absolute atomic E-state index is 11.2. The molecule has 24 rings (SSSR count). The topological polar surface area (TPSA) is 350 Å². The summed E-state index contributed by atoms with van der Waals surface area (Å²) in [6.07, 6.45) is 23.7. The lowest BCUT2D eigenvalue weighted by molar-refractivity contribution is -0.148. The van der Waals surface area contributed by atoms with Gasteiger partial charge in [0.25, 0.3) is 0 Å². The van der Waals surface area contributed by atoms with Gasteiger partial charge in [0.2, 0.25) is 0 Å². The van der Waals surface area contributed by atoms with Crippen molar-refractivity contribution in [1.29, 1.82) is 0 Å². The van der Waals surface area contributed by atoms with Crippen molar-refractivity contribution in [3.05, 3.63) is 183 Å². The summed E-state index contributed by atoms with van der Waals surface area (Å²) >= 11 is 50.4. The number of aryl methyl sites for hydroxylation is 4. The number of carbonyl (C=O) groups is 4. The third kappa shape index (κ3) is 21.3. The van der Waals surface area contributed by atoms with Crippen LogP contribution in [0.4, 0.5) is 23.3 Å². The Labute approximate surface area is 900 Å². The van der Waals surface area contributed by atoms with E-state index >= 15 is 0 Å². The van der Waals surface area contributed by atoms with Gasteiger partial charge in [0.15, 0.2) is 22.6 Å². The van der Waals surface area contributed by atoms with Gasteiger partial charge in [-0.3, -0.25) is 19.2 Å². The number of carboxylic acid groups (broad SMARTS) is 4. The van der Waals surface area contributed by atoms with Crippen molar-refractivity contribution >= 4 is 185 Å². The van der Waals surface area contributed by atoms with Gasteiger partial charge in [-0.15, -0.1) is 0 Å². The van der Waals surface area contributed by atoms with Crippen LogP contribution < -0.4 is 19.6 Å². The molecule has 8 aromatic heterocycles. The number of nitrogens with zero attached hydrogens (tertiary/aromatic N) is 24. The molecule has 12 fully saturated rings. The Balaban J connectivity index is 0.000000116. The second-order valence-corrected chi connectivity index (χ2v) is 47.4. The van der Waals surface area contributed by atoms with Gasteiger partial charge in [-0.05, 0) is 302 Å². The number of benzene rings is 4. The third-order valence-electron chi connectivity index (χ3n) is 34.8. The molecule has 148 heavy (non-hydrogen) atoms. The summed E-state index contributed by atoms with van der Waals surface area (Å²) in [5.74, 6) is 5.57. The Morgan fingerprint density at radius 3 is 0.669 bits per heavy atom. The Hall–Kier alpha value is -9.68. The highest BCUT2D eigenvalue weighted by Gasteiger charge is 2.49. The molecule has 4 saturated carbocycles. The highest BCUT2D eigenvalue weighted by molar-refractivity contribution is 6.37. The molecule has 4 N–H and O–H groups in total.